The first-order chi connectivity index (χ1) is 10.5. The first kappa shape index (κ1) is 16.4. The summed E-state index contributed by atoms with van der Waals surface area (Å²) in [6.07, 6.45) is 2.89. The van der Waals surface area contributed by atoms with Gasteiger partial charge in [0.25, 0.3) is 0 Å². The number of amides is 1. The number of halogens is 1. The lowest BCUT2D eigenvalue weighted by molar-refractivity contribution is -0.384. The molecule has 2 heterocycles. The van der Waals surface area contributed by atoms with E-state index in [4.69, 9.17) is 17.3 Å². The smallest absolute Gasteiger partial charge is 0.313 e. The third kappa shape index (κ3) is 3.83. The Labute approximate surface area is 132 Å². The van der Waals surface area contributed by atoms with E-state index in [2.05, 4.69) is 10.3 Å². The van der Waals surface area contributed by atoms with Gasteiger partial charge in [-0.15, -0.1) is 0 Å². The largest absolute Gasteiger partial charge is 0.355 e. The summed E-state index contributed by atoms with van der Waals surface area (Å²) in [5.74, 6) is -0.0464. The minimum absolute atomic E-state index is 0.0771. The molecule has 22 heavy (non-hydrogen) atoms. The molecule has 3 N–H and O–H groups in total. The van der Waals surface area contributed by atoms with Crippen molar-refractivity contribution in [3.63, 3.8) is 0 Å². The van der Waals surface area contributed by atoms with Crippen LogP contribution < -0.4 is 16.0 Å². The van der Waals surface area contributed by atoms with Gasteiger partial charge in [-0.2, -0.15) is 0 Å². The molecule has 0 aliphatic carbocycles. The number of nitrogens with one attached hydrogen (secondary N) is 1. The Balaban J connectivity index is 2.16. The number of aromatic nitrogens is 1. The van der Waals surface area contributed by atoms with Crippen LogP contribution in [0.5, 0.6) is 0 Å². The van der Waals surface area contributed by atoms with Crippen molar-refractivity contribution in [2.75, 3.05) is 31.1 Å². The number of hydrogen-bond donors (Lipinski definition) is 2. The Morgan fingerprint density at radius 2 is 2.41 bits per heavy atom. The summed E-state index contributed by atoms with van der Waals surface area (Å²) in [6.45, 7) is 1.82. The molecule has 1 atom stereocenters. The Hall–Kier alpha value is -1.93. The van der Waals surface area contributed by atoms with E-state index < -0.39 is 4.92 Å². The molecule has 0 spiro atoms. The standard InChI is InChI=1S/C13H18ClN5O3/c14-10-6-11(19(21)22)12(17-7-10)18-5-1-2-9(8-18)13(20)16-4-3-15/h6-7,9H,1-5,8,15H2,(H,16,20). The number of pyridine rings is 1. The molecule has 8 nitrogen and oxygen atoms in total. The molecule has 1 fully saturated rings. The molecule has 1 aromatic rings. The SMILES string of the molecule is NCCNC(=O)C1CCCN(c2ncc(Cl)cc2[N+](=O)[O-])C1. The van der Waals surface area contributed by atoms with Crippen LogP contribution in [0.15, 0.2) is 12.3 Å². The number of carbonyl (C=O) groups is 1. The first-order valence-corrected chi connectivity index (χ1v) is 7.43. The van der Waals surface area contributed by atoms with Gasteiger partial charge >= 0.3 is 5.69 Å². The zero-order chi connectivity index (χ0) is 16.1. The number of piperidine rings is 1. The maximum absolute atomic E-state index is 12.0. The number of hydrogen-bond acceptors (Lipinski definition) is 6. The second-order valence-corrected chi connectivity index (χ2v) is 5.55. The monoisotopic (exact) mass is 327 g/mol. The van der Waals surface area contributed by atoms with Crippen molar-refractivity contribution in [1.29, 1.82) is 0 Å². The van der Waals surface area contributed by atoms with Gasteiger partial charge in [0.05, 0.1) is 15.9 Å². The molecule has 0 radical (unpaired) electrons. The van der Waals surface area contributed by atoms with E-state index in [9.17, 15) is 14.9 Å². The number of nitrogens with two attached hydrogens (primary N) is 1. The Kier molecular flexibility index (Phi) is 5.51. The van der Waals surface area contributed by atoms with Crippen LogP contribution in [0.4, 0.5) is 11.5 Å². The molecule has 1 saturated heterocycles. The van der Waals surface area contributed by atoms with Crippen LogP contribution in [0.25, 0.3) is 0 Å². The lowest BCUT2D eigenvalue weighted by atomic mass is 9.97. The quantitative estimate of drug-likeness (QED) is 0.614. The highest BCUT2D eigenvalue weighted by atomic mass is 35.5. The van der Waals surface area contributed by atoms with Crippen LogP contribution in [0, 0.1) is 16.0 Å². The molecule has 1 aliphatic rings. The van der Waals surface area contributed by atoms with Crippen LogP contribution >= 0.6 is 11.6 Å². The van der Waals surface area contributed by atoms with E-state index in [1.165, 1.54) is 12.3 Å². The van der Waals surface area contributed by atoms with Gasteiger partial charge in [-0.1, -0.05) is 11.6 Å². The van der Waals surface area contributed by atoms with Crippen molar-refractivity contribution >= 4 is 29.0 Å². The van der Waals surface area contributed by atoms with Gasteiger partial charge < -0.3 is 16.0 Å². The van der Waals surface area contributed by atoms with Crippen LogP contribution in [0.3, 0.4) is 0 Å². The summed E-state index contributed by atoms with van der Waals surface area (Å²) in [6, 6.07) is 1.28. The minimum atomic E-state index is -0.508. The van der Waals surface area contributed by atoms with Gasteiger partial charge in [-0.25, -0.2) is 4.98 Å². The van der Waals surface area contributed by atoms with Gasteiger partial charge in [0.15, 0.2) is 0 Å². The number of anilines is 1. The van der Waals surface area contributed by atoms with Gasteiger partial charge in [0, 0.05) is 38.4 Å². The average molecular weight is 328 g/mol. The third-order valence-corrected chi connectivity index (χ3v) is 3.75. The Morgan fingerprint density at radius 1 is 1.64 bits per heavy atom. The molecule has 0 aromatic carbocycles. The van der Waals surface area contributed by atoms with E-state index in [0.29, 0.717) is 26.2 Å². The van der Waals surface area contributed by atoms with Crippen LogP contribution in [0.1, 0.15) is 12.8 Å². The van der Waals surface area contributed by atoms with Crippen molar-refractivity contribution in [2.24, 2.45) is 11.7 Å². The highest BCUT2D eigenvalue weighted by Gasteiger charge is 2.30. The third-order valence-electron chi connectivity index (χ3n) is 3.55. The fourth-order valence-corrected chi connectivity index (χ4v) is 2.67. The Bertz CT molecular complexity index is 569. The Morgan fingerprint density at radius 3 is 3.09 bits per heavy atom. The molecule has 120 valence electrons. The molecular weight excluding hydrogens is 310 g/mol. The second kappa shape index (κ2) is 7.37. The van der Waals surface area contributed by atoms with Gasteiger partial charge in [-0.3, -0.25) is 14.9 Å². The number of nitrogens with zero attached hydrogens (tertiary/aromatic N) is 3. The zero-order valence-corrected chi connectivity index (χ0v) is 12.8. The van der Waals surface area contributed by atoms with Crippen LogP contribution in [-0.2, 0) is 4.79 Å². The summed E-state index contributed by atoms with van der Waals surface area (Å²) in [5, 5.41) is 14.1. The molecule has 2 rings (SSSR count). The molecule has 0 bridgehead atoms. The molecular formula is C13H18ClN5O3. The number of rotatable bonds is 5. The topological polar surface area (TPSA) is 114 Å². The summed E-state index contributed by atoms with van der Waals surface area (Å²) >= 11 is 5.77. The molecule has 1 amide bonds. The number of carbonyl (C=O) groups excluding carboxylic acids is 1. The van der Waals surface area contributed by atoms with E-state index in [-0.39, 0.29) is 28.4 Å². The molecule has 0 saturated carbocycles. The summed E-state index contributed by atoms with van der Waals surface area (Å²) in [4.78, 5) is 28.5. The van der Waals surface area contributed by atoms with Crippen LogP contribution in [0.2, 0.25) is 5.02 Å². The fraction of sp³-hybridized carbons (Fsp3) is 0.538. The lowest BCUT2D eigenvalue weighted by Gasteiger charge is -2.32. The molecule has 1 unspecified atom stereocenters. The highest BCUT2D eigenvalue weighted by molar-refractivity contribution is 6.30. The fourth-order valence-electron chi connectivity index (χ4n) is 2.52. The predicted molar refractivity (Wildman–Crippen MR) is 82.9 cm³/mol. The zero-order valence-electron chi connectivity index (χ0n) is 12.0. The van der Waals surface area contributed by atoms with Crippen molar-refractivity contribution in [2.45, 2.75) is 12.8 Å². The van der Waals surface area contributed by atoms with E-state index in [1.54, 1.807) is 4.90 Å². The maximum atomic E-state index is 12.0. The molecule has 1 aromatic heterocycles. The van der Waals surface area contributed by atoms with Gasteiger partial charge in [0.1, 0.15) is 0 Å². The van der Waals surface area contributed by atoms with Crippen molar-refractivity contribution < 1.29 is 9.72 Å². The summed E-state index contributed by atoms with van der Waals surface area (Å²) < 4.78 is 0. The lowest BCUT2D eigenvalue weighted by Crippen LogP contribution is -2.44. The highest BCUT2D eigenvalue weighted by Crippen LogP contribution is 2.31. The summed E-state index contributed by atoms with van der Waals surface area (Å²) in [7, 11) is 0. The van der Waals surface area contributed by atoms with Crippen molar-refractivity contribution in [3.05, 3.63) is 27.4 Å². The average Bonchev–Trinajstić information content (AvgIpc) is 2.52. The minimum Gasteiger partial charge on any atom is -0.355 e. The van der Waals surface area contributed by atoms with Crippen molar-refractivity contribution in [1.82, 2.24) is 10.3 Å². The second-order valence-electron chi connectivity index (χ2n) is 5.12. The van der Waals surface area contributed by atoms with Crippen LogP contribution in [-0.4, -0.2) is 42.0 Å². The molecule has 1 aliphatic heterocycles. The number of nitro groups is 1. The van der Waals surface area contributed by atoms with Crippen molar-refractivity contribution in [3.8, 4) is 0 Å². The van der Waals surface area contributed by atoms with Gasteiger partial charge in [0.2, 0.25) is 11.7 Å². The normalized spacial score (nSPS) is 18.1. The van der Waals surface area contributed by atoms with E-state index in [0.717, 1.165) is 12.8 Å². The first-order valence-electron chi connectivity index (χ1n) is 7.05. The van der Waals surface area contributed by atoms with Gasteiger partial charge in [-0.05, 0) is 12.8 Å². The predicted octanol–water partition coefficient (Wildman–Crippen LogP) is 0.935. The van der Waals surface area contributed by atoms with E-state index >= 15 is 0 Å². The molecule has 9 heteroatoms. The summed E-state index contributed by atoms with van der Waals surface area (Å²) in [5.41, 5.74) is 5.23. The maximum Gasteiger partial charge on any atom is 0.313 e. The van der Waals surface area contributed by atoms with E-state index in [1.807, 2.05) is 0 Å².